The van der Waals surface area contributed by atoms with Crippen LogP contribution in [0.3, 0.4) is 0 Å². The maximum atomic E-state index is 4.50. The zero-order valence-electron chi connectivity index (χ0n) is 7.63. The fraction of sp³-hybridized carbons (Fsp3) is 0.300. The first-order chi connectivity index (χ1) is 6.84. The summed E-state index contributed by atoms with van der Waals surface area (Å²) in [6, 6.07) is 6.31. The van der Waals surface area contributed by atoms with Gasteiger partial charge in [-0.2, -0.15) is 0 Å². The summed E-state index contributed by atoms with van der Waals surface area (Å²) >= 11 is 3.40. The SMILES string of the molecule is Brc1ccc2cc3n(c2n1)CCNC3. The third-order valence-electron chi connectivity index (χ3n) is 2.61. The van der Waals surface area contributed by atoms with Crippen LogP contribution in [-0.4, -0.2) is 16.1 Å². The van der Waals surface area contributed by atoms with Crippen molar-refractivity contribution in [3.8, 4) is 0 Å². The molecule has 0 aromatic carbocycles. The molecule has 1 aliphatic rings. The fourth-order valence-electron chi connectivity index (χ4n) is 1.96. The lowest BCUT2D eigenvalue weighted by Crippen LogP contribution is -2.27. The van der Waals surface area contributed by atoms with E-state index in [2.05, 4.69) is 42.9 Å². The number of halogens is 1. The Morgan fingerprint density at radius 3 is 3.29 bits per heavy atom. The lowest BCUT2D eigenvalue weighted by Gasteiger charge is -2.16. The van der Waals surface area contributed by atoms with Crippen molar-refractivity contribution in [1.29, 1.82) is 0 Å². The van der Waals surface area contributed by atoms with E-state index < -0.39 is 0 Å². The number of nitrogens with one attached hydrogen (secondary N) is 1. The summed E-state index contributed by atoms with van der Waals surface area (Å²) < 4.78 is 3.20. The molecule has 1 aliphatic heterocycles. The van der Waals surface area contributed by atoms with Crippen LogP contribution in [0.25, 0.3) is 11.0 Å². The number of fused-ring (bicyclic) bond motifs is 3. The second-order valence-electron chi connectivity index (χ2n) is 3.51. The van der Waals surface area contributed by atoms with Crippen LogP contribution in [0.15, 0.2) is 22.8 Å². The van der Waals surface area contributed by atoms with Crippen molar-refractivity contribution < 1.29 is 0 Å². The molecule has 0 bridgehead atoms. The molecule has 3 rings (SSSR count). The molecule has 0 saturated heterocycles. The molecule has 3 heterocycles. The summed E-state index contributed by atoms with van der Waals surface area (Å²) in [5.41, 5.74) is 2.42. The van der Waals surface area contributed by atoms with Gasteiger partial charge in [-0.05, 0) is 34.1 Å². The number of hydrogen-bond acceptors (Lipinski definition) is 2. The predicted molar refractivity (Wildman–Crippen MR) is 59.1 cm³/mol. The quantitative estimate of drug-likeness (QED) is 0.726. The summed E-state index contributed by atoms with van der Waals surface area (Å²) in [6.45, 7) is 3.00. The summed E-state index contributed by atoms with van der Waals surface area (Å²) in [6.07, 6.45) is 0. The van der Waals surface area contributed by atoms with E-state index in [4.69, 9.17) is 0 Å². The van der Waals surface area contributed by atoms with Crippen LogP contribution in [0, 0.1) is 0 Å². The van der Waals surface area contributed by atoms with Crippen molar-refractivity contribution in [3.63, 3.8) is 0 Å². The Bertz CT molecular complexity index is 489. The third-order valence-corrected chi connectivity index (χ3v) is 3.06. The Balaban J connectivity index is 2.32. The first-order valence-electron chi connectivity index (χ1n) is 4.70. The van der Waals surface area contributed by atoms with Gasteiger partial charge in [-0.1, -0.05) is 0 Å². The molecule has 0 aliphatic carbocycles. The normalized spacial score (nSPS) is 15.8. The summed E-state index contributed by atoms with van der Waals surface area (Å²) in [5, 5.41) is 4.58. The number of pyridine rings is 1. The van der Waals surface area contributed by atoms with Gasteiger partial charge in [0.1, 0.15) is 10.3 Å². The molecule has 0 spiro atoms. The Morgan fingerprint density at radius 2 is 2.36 bits per heavy atom. The average Bonchev–Trinajstić information content (AvgIpc) is 2.56. The van der Waals surface area contributed by atoms with Gasteiger partial charge in [-0.3, -0.25) is 0 Å². The first-order valence-corrected chi connectivity index (χ1v) is 5.49. The zero-order valence-corrected chi connectivity index (χ0v) is 9.21. The molecule has 0 saturated carbocycles. The lowest BCUT2D eigenvalue weighted by molar-refractivity contribution is 0.524. The van der Waals surface area contributed by atoms with E-state index >= 15 is 0 Å². The lowest BCUT2D eigenvalue weighted by atomic mass is 10.3. The Morgan fingerprint density at radius 1 is 1.43 bits per heavy atom. The first kappa shape index (κ1) is 8.44. The second kappa shape index (κ2) is 3.07. The topological polar surface area (TPSA) is 29.9 Å². The van der Waals surface area contributed by atoms with Crippen LogP contribution in [0.2, 0.25) is 0 Å². The molecule has 72 valence electrons. The molecule has 1 N–H and O–H groups in total. The molecular weight excluding hydrogens is 242 g/mol. The van der Waals surface area contributed by atoms with E-state index in [1.54, 1.807) is 0 Å². The molecule has 0 unspecified atom stereocenters. The number of rotatable bonds is 0. The molecule has 2 aromatic heterocycles. The van der Waals surface area contributed by atoms with Gasteiger partial charge in [-0.15, -0.1) is 0 Å². The third kappa shape index (κ3) is 1.18. The molecule has 3 nitrogen and oxygen atoms in total. The standard InChI is InChI=1S/C10H10BrN3/c11-9-2-1-7-5-8-6-12-3-4-14(8)10(7)13-9/h1-2,5,12H,3-4,6H2. The van der Waals surface area contributed by atoms with Crippen LogP contribution in [0.5, 0.6) is 0 Å². The van der Waals surface area contributed by atoms with E-state index in [0.717, 1.165) is 29.9 Å². The summed E-state index contributed by atoms with van der Waals surface area (Å²) in [5.74, 6) is 0. The van der Waals surface area contributed by atoms with Crippen LogP contribution in [0.1, 0.15) is 5.69 Å². The number of aromatic nitrogens is 2. The molecule has 0 atom stereocenters. The van der Waals surface area contributed by atoms with Crippen molar-refractivity contribution in [2.24, 2.45) is 0 Å². The van der Waals surface area contributed by atoms with Crippen molar-refractivity contribution >= 4 is 27.0 Å². The van der Waals surface area contributed by atoms with Crippen molar-refractivity contribution in [2.45, 2.75) is 13.1 Å². The molecule has 2 aromatic rings. The molecule has 0 amide bonds. The highest BCUT2D eigenvalue weighted by Gasteiger charge is 2.12. The van der Waals surface area contributed by atoms with E-state index in [9.17, 15) is 0 Å². The average molecular weight is 252 g/mol. The Kier molecular flexibility index (Phi) is 1.85. The zero-order chi connectivity index (χ0) is 9.54. The molecule has 0 radical (unpaired) electrons. The van der Waals surface area contributed by atoms with Gasteiger partial charge in [-0.25, -0.2) is 4.98 Å². The van der Waals surface area contributed by atoms with E-state index in [0.29, 0.717) is 0 Å². The van der Waals surface area contributed by atoms with Crippen LogP contribution in [-0.2, 0) is 13.1 Å². The van der Waals surface area contributed by atoms with Gasteiger partial charge >= 0.3 is 0 Å². The maximum absolute atomic E-state index is 4.50. The van der Waals surface area contributed by atoms with Gasteiger partial charge in [0.05, 0.1) is 0 Å². The van der Waals surface area contributed by atoms with Crippen molar-refractivity contribution in [1.82, 2.24) is 14.9 Å². The minimum Gasteiger partial charge on any atom is -0.327 e. The highest BCUT2D eigenvalue weighted by molar-refractivity contribution is 9.10. The Hall–Kier alpha value is -0.870. The highest BCUT2D eigenvalue weighted by atomic mass is 79.9. The van der Waals surface area contributed by atoms with Crippen molar-refractivity contribution in [2.75, 3.05) is 6.54 Å². The van der Waals surface area contributed by atoms with E-state index in [1.165, 1.54) is 11.1 Å². The van der Waals surface area contributed by atoms with Crippen LogP contribution in [0.4, 0.5) is 0 Å². The fourth-order valence-corrected chi connectivity index (χ4v) is 2.26. The molecule has 0 fully saturated rings. The van der Waals surface area contributed by atoms with Crippen LogP contribution >= 0.6 is 15.9 Å². The van der Waals surface area contributed by atoms with Gasteiger partial charge in [0.25, 0.3) is 0 Å². The Labute approximate surface area is 90.3 Å². The molecule has 4 heteroatoms. The summed E-state index contributed by atoms with van der Waals surface area (Å²) in [7, 11) is 0. The molecular formula is C10H10BrN3. The monoisotopic (exact) mass is 251 g/mol. The van der Waals surface area contributed by atoms with Crippen LogP contribution < -0.4 is 5.32 Å². The van der Waals surface area contributed by atoms with Gasteiger partial charge in [0.2, 0.25) is 0 Å². The second-order valence-corrected chi connectivity index (χ2v) is 4.32. The summed E-state index contributed by atoms with van der Waals surface area (Å²) in [4.78, 5) is 4.50. The minimum absolute atomic E-state index is 0.907. The predicted octanol–water partition coefficient (Wildman–Crippen LogP) is 1.90. The van der Waals surface area contributed by atoms with E-state index in [-0.39, 0.29) is 0 Å². The molecule has 14 heavy (non-hydrogen) atoms. The van der Waals surface area contributed by atoms with Gasteiger partial charge < -0.3 is 9.88 Å². The van der Waals surface area contributed by atoms with Gasteiger partial charge in [0, 0.05) is 30.7 Å². The largest absolute Gasteiger partial charge is 0.327 e. The highest BCUT2D eigenvalue weighted by Crippen LogP contribution is 2.21. The number of hydrogen-bond donors (Lipinski definition) is 1. The number of nitrogens with zero attached hydrogens (tertiary/aromatic N) is 2. The van der Waals surface area contributed by atoms with Gasteiger partial charge in [0.15, 0.2) is 0 Å². The smallest absolute Gasteiger partial charge is 0.141 e. The van der Waals surface area contributed by atoms with Crippen molar-refractivity contribution in [3.05, 3.63) is 28.5 Å². The maximum Gasteiger partial charge on any atom is 0.141 e. The minimum atomic E-state index is 0.907. The van der Waals surface area contributed by atoms with E-state index in [1.807, 2.05) is 6.07 Å².